The zero-order chi connectivity index (χ0) is 13.1. The third kappa shape index (κ3) is 2.95. The van der Waals surface area contributed by atoms with Gasteiger partial charge >= 0.3 is 0 Å². The minimum atomic E-state index is 0.457. The van der Waals surface area contributed by atoms with E-state index < -0.39 is 0 Å². The third-order valence-corrected chi connectivity index (χ3v) is 3.92. The van der Waals surface area contributed by atoms with Gasteiger partial charge < -0.3 is 20.1 Å². The quantitative estimate of drug-likeness (QED) is 0.854. The van der Waals surface area contributed by atoms with Gasteiger partial charge in [-0.05, 0) is 32.0 Å². The van der Waals surface area contributed by atoms with Gasteiger partial charge in [0.1, 0.15) is 0 Å². The molecule has 2 aliphatic rings. The van der Waals surface area contributed by atoms with Gasteiger partial charge in [-0.25, -0.2) is 0 Å². The van der Waals surface area contributed by atoms with E-state index >= 15 is 0 Å². The molecule has 3 rings (SSSR count). The fourth-order valence-electron chi connectivity index (χ4n) is 2.53. The minimum Gasteiger partial charge on any atom is -0.490 e. The normalized spacial score (nSPS) is 19.6. The lowest BCUT2D eigenvalue weighted by Crippen LogP contribution is -2.26. The first-order valence-corrected chi connectivity index (χ1v) is 7.09. The molecule has 0 bridgehead atoms. The summed E-state index contributed by atoms with van der Waals surface area (Å²) in [6.45, 7) is 3.59. The van der Waals surface area contributed by atoms with Crippen molar-refractivity contribution >= 4 is 5.69 Å². The van der Waals surface area contributed by atoms with Gasteiger partial charge in [-0.3, -0.25) is 0 Å². The molecule has 1 aromatic carbocycles. The predicted molar refractivity (Wildman–Crippen MR) is 76.1 cm³/mol. The molecule has 4 heteroatoms. The monoisotopic (exact) mass is 262 g/mol. The second-order valence-electron chi connectivity index (χ2n) is 5.60. The molecular formula is C15H22N2O2. The Labute approximate surface area is 114 Å². The number of hydrogen-bond donors (Lipinski definition) is 2. The Kier molecular flexibility index (Phi) is 3.51. The minimum absolute atomic E-state index is 0.457. The molecule has 19 heavy (non-hydrogen) atoms. The van der Waals surface area contributed by atoms with Gasteiger partial charge in [0.25, 0.3) is 0 Å². The fraction of sp³-hybridized carbons (Fsp3) is 0.600. The van der Waals surface area contributed by atoms with E-state index in [1.54, 1.807) is 0 Å². The number of anilines is 1. The summed E-state index contributed by atoms with van der Waals surface area (Å²) >= 11 is 0. The van der Waals surface area contributed by atoms with E-state index in [4.69, 9.17) is 9.47 Å². The molecule has 0 radical (unpaired) electrons. The van der Waals surface area contributed by atoms with Gasteiger partial charge in [-0.15, -0.1) is 0 Å². The molecule has 1 aliphatic heterocycles. The highest BCUT2D eigenvalue weighted by atomic mass is 16.5. The zero-order valence-electron chi connectivity index (χ0n) is 11.5. The van der Waals surface area contributed by atoms with Crippen LogP contribution in [0.5, 0.6) is 11.5 Å². The zero-order valence-corrected chi connectivity index (χ0v) is 11.5. The molecule has 0 atom stereocenters. The number of benzene rings is 1. The first-order chi connectivity index (χ1) is 9.31. The summed E-state index contributed by atoms with van der Waals surface area (Å²) in [6, 6.07) is 6.12. The molecule has 104 valence electrons. The summed E-state index contributed by atoms with van der Waals surface area (Å²) in [4.78, 5) is 0. The smallest absolute Gasteiger partial charge is 0.163 e. The number of rotatable bonds is 5. The van der Waals surface area contributed by atoms with E-state index in [0.717, 1.165) is 49.9 Å². The van der Waals surface area contributed by atoms with Gasteiger partial charge in [-0.1, -0.05) is 0 Å². The maximum atomic E-state index is 5.71. The second kappa shape index (κ2) is 5.29. The molecule has 1 heterocycles. The molecule has 1 saturated carbocycles. The highest BCUT2D eigenvalue weighted by molar-refractivity contribution is 5.55. The van der Waals surface area contributed by atoms with Crippen molar-refractivity contribution in [2.75, 3.05) is 38.7 Å². The van der Waals surface area contributed by atoms with Crippen LogP contribution >= 0.6 is 0 Å². The predicted octanol–water partition coefficient (Wildman–Crippen LogP) is 2.26. The number of nitrogens with one attached hydrogen (secondary N) is 2. The molecular weight excluding hydrogens is 240 g/mol. The average Bonchev–Trinajstić information content (AvgIpc) is 3.20. The van der Waals surface area contributed by atoms with Crippen molar-refractivity contribution in [1.29, 1.82) is 0 Å². The fourth-order valence-corrected chi connectivity index (χ4v) is 2.53. The maximum Gasteiger partial charge on any atom is 0.163 e. The summed E-state index contributed by atoms with van der Waals surface area (Å²) in [5, 5.41) is 6.81. The third-order valence-electron chi connectivity index (χ3n) is 3.92. The van der Waals surface area contributed by atoms with Crippen LogP contribution in [0.3, 0.4) is 0 Å². The molecule has 0 aromatic heterocycles. The Hall–Kier alpha value is -1.42. The van der Waals surface area contributed by atoms with E-state index in [2.05, 4.69) is 22.8 Å². The SMILES string of the molecule is CNCC1(CNc2ccc3c(c2)OCCCO3)CC1. The molecule has 1 aliphatic carbocycles. The van der Waals surface area contributed by atoms with Gasteiger partial charge in [-0.2, -0.15) is 0 Å². The second-order valence-corrected chi connectivity index (χ2v) is 5.60. The van der Waals surface area contributed by atoms with Crippen LogP contribution in [0.15, 0.2) is 18.2 Å². The largest absolute Gasteiger partial charge is 0.490 e. The summed E-state index contributed by atoms with van der Waals surface area (Å²) < 4.78 is 11.3. The number of fused-ring (bicyclic) bond motifs is 1. The van der Waals surface area contributed by atoms with E-state index in [0.29, 0.717) is 5.41 Å². The Morgan fingerprint density at radius 2 is 1.89 bits per heavy atom. The van der Waals surface area contributed by atoms with Crippen LogP contribution < -0.4 is 20.1 Å². The lowest BCUT2D eigenvalue weighted by atomic mass is 10.1. The van der Waals surface area contributed by atoms with Crippen molar-refractivity contribution < 1.29 is 9.47 Å². The van der Waals surface area contributed by atoms with E-state index in [1.807, 2.05) is 13.1 Å². The highest BCUT2D eigenvalue weighted by Gasteiger charge is 2.41. The summed E-state index contributed by atoms with van der Waals surface area (Å²) in [7, 11) is 2.02. The van der Waals surface area contributed by atoms with Crippen molar-refractivity contribution in [3.63, 3.8) is 0 Å². The summed E-state index contributed by atoms with van der Waals surface area (Å²) in [5.41, 5.74) is 1.57. The van der Waals surface area contributed by atoms with E-state index in [-0.39, 0.29) is 0 Å². The molecule has 0 saturated heterocycles. The maximum absolute atomic E-state index is 5.71. The average molecular weight is 262 g/mol. The van der Waals surface area contributed by atoms with Crippen LogP contribution in [0.1, 0.15) is 19.3 Å². The Balaban J connectivity index is 1.64. The Bertz CT molecular complexity index is 444. The number of hydrogen-bond acceptors (Lipinski definition) is 4. The Morgan fingerprint density at radius 1 is 1.11 bits per heavy atom. The van der Waals surface area contributed by atoms with Crippen LogP contribution in [0, 0.1) is 5.41 Å². The van der Waals surface area contributed by atoms with Gasteiger partial charge in [0.05, 0.1) is 13.2 Å². The molecule has 2 N–H and O–H groups in total. The first-order valence-electron chi connectivity index (χ1n) is 7.09. The molecule has 4 nitrogen and oxygen atoms in total. The molecule has 1 aromatic rings. The molecule has 0 unspecified atom stereocenters. The summed E-state index contributed by atoms with van der Waals surface area (Å²) in [5.74, 6) is 1.72. The summed E-state index contributed by atoms with van der Waals surface area (Å²) in [6.07, 6.45) is 3.57. The Morgan fingerprint density at radius 3 is 2.63 bits per heavy atom. The molecule has 0 amide bonds. The topological polar surface area (TPSA) is 42.5 Å². The van der Waals surface area contributed by atoms with Gasteiger partial charge in [0.2, 0.25) is 0 Å². The van der Waals surface area contributed by atoms with Crippen molar-refractivity contribution in [2.24, 2.45) is 5.41 Å². The first kappa shape index (κ1) is 12.6. The highest BCUT2D eigenvalue weighted by Crippen LogP contribution is 2.45. The van der Waals surface area contributed by atoms with Crippen LogP contribution in [0.2, 0.25) is 0 Å². The van der Waals surface area contributed by atoms with Crippen LogP contribution in [-0.4, -0.2) is 33.4 Å². The number of ether oxygens (including phenoxy) is 2. The van der Waals surface area contributed by atoms with Crippen LogP contribution in [0.25, 0.3) is 0 Å². The van der Waals surface area contributed by atoms with Crippen LogP contribution in [-0.2, 0) is 0 Å². The van der Waals surface area contributed by atoms with E-state index in [1.165, 1.54) is 12.8 Å². The lowest BCUT2D eigenvalue weighted by molar-refractivity contribution is 0.297. The molecule has 1 fully saturated rings. The molecule has 0 spiro atoms. The standard InChI is InChI=1S/C15H22N2O2/c1-16-10-15(5-6-15)11-17-12-3-4-13-14(9-12)19-8-2-7-18-13/h3-4,9,16-17H,2,5-8,10-11H2,1H3. The van der Waals surface area contributed by atoms with Crippen molar-refractivity contribution in [3.8, 4) is 11.5 Å². The van der Waals surface area contributed by atoms with Crippen LogP contribution in [0.4, 0.5) is 5.69 Å². The van der Waals surface area contributed by atoms with Crippen molar-refractivity contribution in [2.45, 2.75) is 19.3 Å². The van der Waals surface area contributed by atoms with Crippen molar-refractivity contribution in [3.05, 3.63) is 18.2 Å². The van der Waals surface area contributed by atoms with E-state index in [9.17, 15) is 0 Å². The van der Waals surface area contributed by atoms with Crippen molar-refractivity contribution in [1.82, 2.24) is 5.32 Å². The lowest BCUT2D eigenvalue weighted by Gasteiger charge is -2.17. The van der Waals surface area contributed by atoms with Gasteiger partial charge in [0.15, 0.2) is 11.5 Å². The van der Waals surface area contributed by atoms with Gasteiger partial charge in [0, 0.05) is 36.7 Å².